The Balaban J connectivity index is 1.94. The molecule has 1 aliphatic heterocycles. The molecular formula is C18H20N2O2. The van der Waals surface area contributed by atoms with Crippen LogP contribution in [0.2, 0.25) is 0 Å². The number of amides is 1. The number of pyridine rings is 1. The molecule has 0 aliphatic carbocycles. The molecule has 0 bridgehead atoms. The number of rotatable bonds is 2. The standard InChI is InChI=1S/C18H20N2O2/c1-13-11-17(21)19-12-15(13)16-9-5-6-10-20(16)18(22)14-7-3-2-4-8-14/h2-4,7-8,11-12,16H,5-6,9-10H2,1H3,(H,19,21)/t16-/m0/s1. The van der Waals surface area contributed by atoms with Gasteiger partial charge in [-0.05, 0) is 49.4 Å². The number of hydrogen-bond acceptors (Lipinski definition) is 2. The predicted molar refractivity (Wildman–Crippen MR) is 85.9 cm³/mol. The van der Waals surface area contributed by atoms with Gasteiger partial charge in [0.05, 0.1) is 6.04 Å². The van der Waals surface area contributed by atoms with Crippen molar-refractivity contribution in [3.63, 3.8) is 0 Å². The summed E-state index contributed by atoms with van der Waals surface area (Å²) in [5.74, 6) is 0.0656. The van der Waals surface area contributed by atoms with Crippen molar-refractivity contribution in [1.82, 2.24) is 9.88 Å². The lowest BCUT2D eigenvalue weighted by Crippen LogP contribution is -2.39. The van der Waals surface area contributed by atoms with Crippen LogP contribution in [0.15, 0.2) is 47.4 Å². The summed E-state index contributed by atoms with van der Waals surface area (Å²) in [6, 6.07) is 11.0. The SMILES string of the molecule is Cc1cc(=O)[nH]cc1[C@@H]1CCCCN1C(=O)c1ccccc1. The number of nitrogens with one attached hydrogen (secondary N) is 1. The first kappa shape index (κ1) is 14.6. The first-order valence-electron chi connectivity index (χ1n) is 7.72. The number of H-pyrrole nitrogens is 1. The van der Waals surface area contributed by atoms with E-state index in [1.54, 1.807) is 12.3 Å². The van der Waals surface area contributed by atoms with E-state index in [0.29, 0.717) is 0 Å². The number of carbonyl (C=O) groups excluding carboxylic acids is 1. The Morgan fingerprint density at radius 3 is 2.73 bits per heavy atom. The zero-order chi connectivity index (χ0) is 15.5. The van der Waals surface area contributed by atoms with Gasteiger partial charge in [-0.25, -0.2) is 0 Å². The number of carbonyl (C=O) groups is 1. The van der Waals surface area contributed by atoms with E-state index in [4.69, 9.17) is 0 Å². The second kappa shape index (κ2) is 6.18. The number of piperidine rings is 1. The summed E-state index contributed by atoms with van der Waals surface area (Å²) in [4.78, 5) is 28.9. The third-order valence-electron chi connectivity index (χ3n) is 4.32. The molecule has 2 heterocycles. The second-order valence-electron chi connectivity index (χ2n) is 5.81. The molecule has 1 amide bonds. The van der Waals surface area contributed by atoms with E-state index in [-0.39, 0.29) is 17.5 Å². The van der Waals surface area contributed by atoms with Crippen LogP contribution in [0.3, 0.4) is 0 Å². The summed E-state index contributed by atoms with van der Waals surface area (Å²) in [6.45, 7) is 2.70. The van der Waals surface area contributed by atoms with Crippen molar-refractivity contribution in [3.05, 3.63) is 69.6 Å². The minimum absolute atomic E-state index is 0.0401. The molecule has 1 saturated heterocycles. The average molecular weight is 296 g/mol. The molecule has 22 heavy (non-hydrogen) atoms. The van der Waals surface area contributed by atoms with Crippen LogP contribution in [-0.4, -0.2) is 22.3 Å². The first-order valence-corrected chi connectivity index (χ1v) is 7.72. The molecule has 1 aromatic heterocycles. The van der Waals surface area contributed by atoms with E-state index in [1.807, 2.05) is 42.2 Å². The van der Waals surface area contributed by atoms with Crippen molar-refractivity contribution >= 4 is 5.91 Å². The summed E-state index contributed by atoms with van der Waals surface area (Å²) in [6.07, 6.45) is 4.82. The molecule has 0 unspecified atom stereocenters. The molecule has 1 N–H and O–H groups in total. The van der Waals surface area contributed by atoms with Gasteiger partial charge < -0.3 is 9.88 Å². The molecule has 1 atom stereocenters. The molecule has 4 heteroatoms. The Hall–Kier alpha value is -2.36. The van der Waals surface area contributed by atoms with Crippen molar-refractivity contribution in [1.29, 1.82) is 0 Å². The Bertz CT molecular complexity index is 721. The Kier molecular flexibility index (Phi) is 4.09. The fraction of sp³-hybridized carbons (Fsp3) is 0.333. The Morgan fingerprint density at radius 2 is 2.00 bits per heavy atom. The van der Waals surface area contributed by atoms with Gasteiger partial charge in [-0.2, -0.15) is 0 Å². The monoisotopic (exact) mass is 296 g/mol. The topological polar surface area (TPSA) is 53.2 Å². The molecule has 0 saturated carbocycles. The van der Waals surface area contributed by atoms with Gasteiger partial charge in [0.2, 0.25) is 5.56 Å². The van der Waals surface area contributed by atoms with E-state index in [1.165, 1.54) is 0 Å². The first-order chi connectivity index (χ1) is 10.7. The molecule has 1 fully saturated rings. The van der Waals surface area contributed by atoms with E-state index in [2.05, 4.69) is 4.98 Å². The van der Waals surface area contributed by atoms with Crippen molar-refractivity contribution in [2.75, 3.05) is 6.54 Å². The van der Waals surface area contributed by atoms with Crippen LogP contribution in [-0.2, 0) is 0 Å². The highest BCUT2D eigenvalue weighted by Crippen LogP contribution is 2.33. The lowest BCUT2D eigenvalue weighted by atomic mass is 9.93. The third kappa shape index (κ3) is 2.82. The quantitative estimate of drug-likeness (QED) is 0.926. The molecule has 4 nitrogen and oxygen atoms in total. The van der Waals surface area contributed by atoms with Crippen LogP contribution >= 0.6 is 0 Å². The third-order valence-corrected chi connectivity index (χ3v) is 4.32. The average Bonchev–Trinajstić information content (AvgIpc) is 2.55. The number of nitrogens with zero attached hydrogens (tertiary/aromatic N) is 1. The normalized spacial score (nSPS) is 18.2. The summed E-state index contributed by atoms with van der Waals surface area (Å²) in [5, 5.41) is 0. The summed E-state index contributed by atoms with van der Waals surface area (Å²) in [7, 11) is 0. The van der Waals surface area contributed by atoms with Crippen molar-refractivity contribution < 1.29 is 4.79 Å². The molecule has 2 aromatic rings. The number of aromatic nitrogens is 1. The minimum Gasteiger partial charge on any atom is -0.332 e. The maximum absolute atomic E-state index is 12.8. The van der Waals surface area contributed by atoms with Crippen LogP contribution in [0.4, 0.5) is 0 Å². The number of benzene rings is 1. The van der Waals surface area contributed by atoms with Gasteiger partial charge in [-0.3, -0.25) is 9.59 Å². The molecule has 3 rings (SSSR count). The lowest BCUT2D eigenvalue weighted by molar-refractivity contribution is 0.0610. The van der Waals surface area contributed by atoms with Crippen LogP contribution < -0.4 is 5.56 Å². The largest absolute Gasteiger partial charge is 0.332 e. The van der Waals surface area contributed by atoms with E-state index >= 15 is 0 Å². The van der Waals surface area contributed by atoms with Crippen LogP contribution in [0.1, 0.15) is 46.8 Å². The van der Waals surface area contributed by atoms with Gasteiger partial charge in [0, 0.05) is 24.4 Å². The highest BCUT2D eigenvalue weighted by atomic mass is 16.2. The van der Waals surface area contributed by atoms with Gasteiger partial charge in [0.25, 0.3) is 5.91 Å². The fourth-order valence-electron chi connectivity index (χ4n) is 3.19. The predicted octanol–water partition coefficient (Wildman–Crippen LogP) is 3.05. The molecule has 114 valence electrons. The summed E-state index contributed by atoms with van der Waals surface area (Å²) < 4.78 is 0. The van der Waals surface area contributed by atoms with E-state index in [0.717, 1.165) is 42.5 Å². The minimum atomic E-state index is -0.0991. The molecular weight excluding hydrogens is 276 g/mol. The fourth-order valence-corrected chi connectivity index (χ4v) is 3.19. The maximum atomic E-state index is 12.8. The van der Waals surface area contributed by atoms with Crippen LogP contribution in [0, 0.1) is 6.92 Å². The van der Waals surface area contributed by atoms with Crippen LogP contribution in [0.5, 0.6) is 0 Å². The lowest BCUT2D eigenvalue weighted by Gasteiger charge is -2.36. The van der Waals surface area contributed by atoms with Gasteiger partial charge >= 0.3 is 0 Å². The van der Waals surface area contributed by atoms with Gasteiger partial charge in [-0.1, -0.05) is 18.2 Å². The van der Waals surface area contributed by atoms with Crippen LogP contribution in [0.25, 0.3) is 0 Å². The van der Waals surface area contributed by atoms with Gasteiger partial charge in [0.1, 0.15) is 0 Å². The van der Waals surface area contributed by atoms with Crippen molar-refractivity contribution in [3.8, 4) is 0 Å². The Labute approximate surface area is 129 Å². The number of aromatic amines is 1. The highest BCUT2D eigenvalue weighted by Gasteiger charge is 2.29. The zero-order valence-corrected chi connectivity index (χ0v) is 12.7. The zero-order valence-electron chi connectivity index (χ0n) is 12.7. The smallest absolute Gasteiger partial charge is 0.254 e. The Morgan fingerprint density at radius 1 is 1.23 bits per heavy atom. The maximum Gasteiger partial charge on any atom is 0.254 e. The van der Waals surface area contributed by atoms with Gasteiger partial charge in [0.15, 0.2) is 0 Å². The summed E-state index contributed by atoms with van der Waals surface area (Å²) in [5.41, 5.74) is 2.61. The highest BCUT2D eigenvalue weighted by molar-refractivity contribution is 5.94. The van der Waals surface area contributed by atoms with Crippen molar-refractivity contribution in [2.45, 2.75) is 32.2 Å². The number of hydrogen-bond donors (Lipinski definition) is 1. The molecule has 1 aliphatic rings. The number of aryl methyl sites for hydroxylation is 1. The van der Waals surface area contributed by atoms with E-state index in [9.17, 15) is 9.59 Å². The molecule has 0 radical (unpaired) electrons. The second-order valence-corrected chi connectivity index (χ2v) is 5.81. The summed E-state index contributed by atoms with van der Waals surface area (Å²) >= 11 is 0. The van der Waals surface area contributed by atoms with Crippen molar-refractivity contribution in [2.24, 2.45) is 0 Å². The van der Waals surface area contributed by atoms with E-state index < -0.39 is 0 Å². The number of likely N-dealkylation sites (tertiary alicyclic amines) is 1. The molecule has 1 aromatic carbocycles. The van der Waals surface area contributed by atoms with Gasteiger partial charge in [-0.15, -0.1) is 0 Å². The molecule has 0 spiro atoms.